The molecule has 0 aliphatic heterocycles. The molecule has 2 aromatic rings. The number of nitrogens with one attached hydrogen (secondary N) is 1. The third kappa shape index (κ3) is 3.04. The molecule has 0 bridgehead atoms. The topological polar surface area (TPSA) is 62.2 Å². The van der Waals surface area contributed by atoms with Gasteiger partial charge >= 0.3 is 5.97 Å². The number of aryl methyl sites for hydroxylation is 1. The zero-order valence-corrected chi connectivity index (χ0v) is 10.9. The average molecular weight is 268 g/mol. The van der Waals surface area contributed by atoms with E-state index < -0.39 is 5.97 Å². The molecule has 17 heavy (non-hydrogen) atoms. The Balaban J connectivity index is 1.94. The van der Waals surface area contributed by atoms with E-state index in [-0.39, 0.29) is 5.69 Å². The molecule has 2 N–H and O–H groups in total. The van der Waals surface area contributed by atoms with Crippen LogP contribution in [0.25, 0.3) is 0 Å². The first-order valence-corrected chi connectivity index (χ1v) is 6.89. The van der Waals surface area contributed by atoms with E-state index in [0.717, 1.165) is 6.42 Å². The molecule has 4 nitrogen and oxygen atoms in total. The van der Waals surface area contributed by atoms with Crippen molar-refractivity contribution in [2.24, 2.45) is 0 Å². The molecule has 0 aliphatic rings. The van der Waals surface area contributed by atoms with Crippen LogP contribution in [-0.2, 0) is 13.0 Å². The molecule has 0 atom stereocenters. The molecular formula is C11H12N2O2S2. The third-order valence-electron chi connectivity index (χ3n) is 2.20. The quantitative estimate of drug-likeness (QED) is 0.874. The Morgan fingerprint density at radius 3 is 2.82 bits per heavy atom. The van der Waals surface area contributed by atoms with Gasteiger partial charge in [0.2, 0.25) is 0 Å². The summed E-state index contributed by atoms with van der Waals surface area (Å²) in [4.78, 5) is 17.2. The van der Waals surface area contributed by atoms with Gasteiger partial charge in [0.15, 0.2) is 10.8 Å². The lowest BCUT2D eigenvalue weighted by Gasteiger charge is -1.98. The van der Waals surface area contributed by atoms with Crippen molar-refractivity contribution in [1.82, 2.24) is 4.98 Å². The number of rotatable bonds is 5. The van der Waals surface area contributed by atoms with Crippen LogP contribution in [0.1, 0.15) is 27.2 Å². The number of aromatic nitrogens is 1. The number of nitrogens with zero attached hydrogens (tertiary/aromatic N) is 1. The third-order valence-corrected chi connectivity index (χ3v) is 4.23. The van der Waals surface area contributed by atoms with Crippen molar-refractivity contribution in [3.05, 3.63) is 33.0 Å². The van der Waals surface area contributed by atoms with Crippen molar-refractivity contribution in [3.63, 3.8) is 0 Å². The SMILES string of the molecule is CCc1ccc(CNc2nc(C(=O)O)cs2)s1. The van der Waals surface area contributed by atoms with Gasteiger partial charge in [-0.2, -0.15) is 0 Å². The summed E-state index contributed by atoms with van der Waals surface area (Å²) in [5.41, 5.74) is 0.0953. The smallest absolute Gasteiger partial charge is 0.355 e. The fourth-order valence-electron chi connectivity index (χ4n) is 1.32. The van der Waals surface area contributed by atoms with Crippen molar-refractivity contribution in [2.75, 3.05) is 5.32 Å². The minimum atomic E-state index is -0.987. The van der Waals surface area contributed by atoms with Gasteiger partial charge in [-0.15, -0.1) is 22.7 Å². The molecule has 6 heteroatoms. The number of thiazole rings is 1. The van der Waals surface area contributed by atoms with E-state index in [1.807, 2.05) is 0 Å². The number of thiophene rings is 1. The van der Waals surface area contributed by atoms with Crippen molar-refractivity contribution < 1.29 is 9.90 Å². The van der Waals surface area contributed by atoms with Gasteiger partial charge in [0.05, 0.1) is 6.54 Å². The van der Waals surface area contributed by atoms with Crippen molar-refractivity contribution in [3.8, 4) is 0 Å². The summed E-state index contributed by atoms with van der Waals surface area (Å²) in [5.74, 6) is -0.987. The Labute approximate surface area is 107 Å². The van der Waals surface area contributed by atoms with Gasteiger partial charge < -0.3 is 10.4 Å². The highest BCUT2D eigenvalue weighted by Gasteiger charge is 2.08. The van der Waals surface area contributed by atoms with Gasteiger partial charge in [-0.1, -0.05) is 6.92 Å². The Morgan fingerprint density at radius 1 is 1.47 bits per heavy atom. The molecule has 0 unspecified atom stereocenters. The molecule has 0 radical (unpaired) electrons. The lowest BCUT2D eigenvalue weighted by Crippen LogP contribution is -1.99. The van der Waals surface area contributed by atoms with E-state index in [0.29, 0.717) is 11.7 Å². The minimum Gasteiger partial charge on any atom is -0.476 e. The average Bonchev–Trinajstić information content (AvgIpc) is 2.95. The van der Waals surface area contributed by atoms with Gasteiger partial charge in [-0.25, -0.2) is 9.78 Å². The minimum absolute atomic E-state index is 0.0953. The number of hydrogen-bond acceptors (Lipinski definition) is 5. The van der Waals surface area contributed by atoms with E-state index in [4.69, 9.17) is 5.11 Å². The van der Waals surface area contributed by atoms with Gasteiger partial charge in [0.1, 0.15) is 0 Å². The number of anilines is 1. The molecule has 0 spiro atoms. The van der Waals surface area contributed by atoms with Gasteiger partial charge in [-0.3, -0.25) is 0 Å². The summed E-state index contributed by atoms with van der Waals surface area (Å²) >= 11 is 3.07. The summed E-state index contributed by atoms with van der Waals surface area (Å²) in [6, 6.07) is 4.20. The van der Waals surface area contributed by atoms with Crippen LogP contribution in [0.15, 0.2) is 17.5 Å². The summed E-state index contributed by atoms with van der Waals surface area (Å²) in [7, 11) is 0. The van der Waals surface area contributed by atoms with E-state index in [1.54, 1.807) is 11.3 Å². The first kappa shape index (κ1) is 12.1. The number of hydrogen-bond donors (Lipinski definition) is 2. The van der Waals surface area contributed by atoms with Gasteiger partial charge in [0.25, 0.3) is 0 Å². The molecule has 0 fully saturated rings. The summed E-state index contributed by atoms with van der Waals surface area (Å²) in [6.07, 6.45) is 1.05. The van der Waals surface area contributed by atoms with E-state index >= 15 is 0 Å². The van der Waals surface area contributed by atoms with Crippen molar-refractivity contribution in [2.45, 2.75) is 19.9 Å². The molecule has 2 aromatic heterocycles. The standard InChI is InChI=1S/C11H12N2O2S2/c1-2-7-3-4-8(17-7)5-12-11-13-9(6-16-11)10(14)15/h3-4,6H,2,5H2,1H3,(H,12,13)(H,14,15). The first-order valence-electron chi connectivity index (χ1n) is 5.19. The molecular weight excluding hydrogens is 256 g/mol. The Morgan fingerprint density at radius 2 is 2.24 bits per heavy atom. The molecule has 90 valence electrons. The number of aromatic carboxylic acids is 1. The highest BCUT2D eigenvalue weighted by molar-refractivity contribution is 7.14. The Bertz CT molecular complexity index is 519. The molecule has 0 saturated heterocycles. The fourth-order valence-corrected chi connectivity index (χ4v) is 2.90. The summed E-state index contributed by atoms with van der Waals surface area (Å²) in [6.45, 7) is 2.82. The lowest BCUT2D eigenvalue weighted by molar-refractivity contribution is 0.0691. The predicted molar refractivity (Wildman–Crippen MR) is 70.1 cm³/mol. The molecule has 0 aliphatic carbocycles. The zero-order valence-electron chi connectivity index (χ0n) is 9.27. The van der Waals surface area contributed by atoms with Crippen molar-refractivity contribution >= 4 is 33.8 Å². The van der Waals surface area contributed by atoms with Crippen molar-refractivity contribution in [1.29, 1.82) is 0 Å². The Kier molecular flexibility index (Phi) is 3.75. The van der Waals surface area contributed by atoms with E-state index in [9.17, 15) is 4.79 Å². The second kappa shape index (κ2) is 5.29. The van der Waals surface area contributed by atoms with E-state index in [2.05, 4.69) is 29.4 Å². The summed E-state index contributed by atoms with van der Waals surface area (Å²) in [5, 5.41) is 14.1. The second-order valence-electron chi connectivity index (χ2n) is 3.42. The predicted octanol–water partition coefficient (Wildman–Crippen LogP) is 3.08. The largest absolute Gasteiger partial charge is 0.476 e. The number of carbonyl (C=O) groups is 1. The maximum atomic E-state index is 10.6. The highest BCUT2D eigenvalue weighted by Crippen LogP contribution is 2.20. The lowest BCUT2D eigenvalue weighted by atomic mass is 10.4. The highest BCUT2D eigenvalue weighted by atomic mass is 32.1. The normalized spacial score (nSPS) is 10.4. The van der Waals surface area contributed by atoms with Crippen LogP contribution in [-0.4, -0.2) is 16.1 Å². The monoisotopic (exact) mass is 268 g/mol. The van der Waals surface area contributed by atoms with Crippen LogP contribution >= 0.6 is 22.7 Å². The van der Waals surface area contributed by atoms with Crippen LogP contribution in [0.5, 0.6) is 0 Å². The molecule has 0 saturated carbocycles. The van der Waals surface area contributed by atoms with Crippen LogP contribution in [0.2, 0.25) is 0 Å². The number of carboxylic acids is 1. The van der Waals surface area contributed by atoms with E-state index in [1.165, 1.54) is 26.5 Å². The van der Waals surface area contributed by atoms with Crippen LogP contribution in [0.3, 0.4) is 0 Å². The fraction of sp³-hybridized carbons (Fsp3) is 0.273. The summed E-state index contributed by atoms with van der Waals surface area (Å²) < 4.78 is 0. The van der Waals surface area contributed by atoms with Gasteiger partial charge in [0, 0.05) is 15.1 Å². The first-order chi connectivity index (χ1) is 8.19. The van der Waals surface area contributed by atoms with Gasteiger partial charge in [-0.05, 0) is 18.6 Å². The maximum Gasteiger partial charge on any atom is 0.355 e. The van der Waals surface area contributed by atoms with Crippen LogP contribution in [0.4, 0.5) is 5.13 Å². The molecule has 0 amide bonds. The van der Waals surface area contributed by atoms with Crippen LogP contribution < -0.4 is 5.32 Å². The molecule has 0 aromatic carbocycles. The zero-order chi connectivity index (χ0) is 12.3. The molecule has 2 heterocycles. The number of carboxylic acid groups (broad SMARTS) is 1. The second-order valence-corrected chi connectivity index (χ2v) is 5.53. The molecule has 2 rings (SSSR count). The maximum absolute atomic E-state index is 10.6. The Hall–Kier alpha value is -1.40. The van der Waals surface area contributed by atoms with Crippen LogP contribution in [0, 0.1) is 0 Å².